The predicted octanol–water partition coefficient (Wildman–Crippen LogP) is 0.154. The Kier molecular flexibility index (Phi) is 2.75. The lowest BCUT2D eigenvalue weighted by Crippen LogP contribution is -2.20. The predicted molar refractivity (Wildman–Crippen MR) is 48.8 cm³/mol. The zero-order valence-electron chi connectivity index (χ0n) is 8.44. The quantitative estimate of drug-likeness (QED) is 0.673. The number of hydrogen-bond acceptors (Lipinski definition) is 3. The van der Waals surface area contributed by atoms with Crippen LogP contribution in [-0.4, -0.2) is 21.0 Å². The molecule has 0 spiro atoms. The molecule has 0 atom stereocenters. The summed E-state index contributed by atoms with van der Waals surface area (Å²) in [5.41, 5.74) is -0.168. The van der Waals surface area contributed by atoms with Crippen LogP contribution in [-0.2, 0) is 14.1 Å². The Morgan fingerprint density at radius 2 is 2.08 bits per heavy atom. The van der Waals surface area contributed by atoms with Crippen molar-refractivity contribution in [1.29, 1.82) is 0 Å². The molecule has 0 saturated carbocycles. The first-order chi connectivity index (χ1) is 6.02. The summed E-state index contributed by atoms with van der Waals surface area (Å²) < 4.78 is 7.98. The van der Waals surface area contributed by atoms with E-state index >= 15 is 0 Å². The zero-order chi connectivity index (χ0) is 10.0. The topological polar surface area (TPSA) is 49.1 Å². The third-order valence-electron chi connectivity index (χ3n) is 1.63. The number of aryl methyl sites for hydroxylation is 1. The van der Waals surface area contributed by atoms with Crippen molar-refractivity contribution < 1.29 is 4.74 Å². The molecule has 74 valence electrons. The summed E-state index contributed by atoms with van der Waals surface area (Å²) >= 11 is 0. The first kappa shape index (κ1) is 9.83. The van der Waals surface area contributed by atoms with Crippen LogP contribution in [0.2, 0.25) is 0 Å². The smallest absolute Gasteiger partial charge is 0.348 e. The lowest BCUT2D eigenvalue weighted by atomic mass is 10.2. The average Bonchev–Trinajstić information content (AvgIpc) is 2.29. The number of ether oxygens (including phenoxy) is 1. The van der Waals surface area contributed by atoms with E-state index in [1.807, 2.05) is 13.8 Å². The maximum atomic E-state index is 11.2. The normalized spacial score (nSPS) is 10.8. The van der Waals surface area contributed by atoms with E-state index in [1.54, 1.807) is 14.1 Å². The molecule has 13 heavy (non-hydrogen) atoms. The molecule has 0 N–H and O–H groups in total. The second-order valence-electron chi connectivity index (χ2n) is 3.45. The van der Waals surface area contributed by atoms with Crippen LogP contribution in [0.4, 0.5) is 0 Å². The van der Waals surface area contributed by atoms with Gasteiger partial charge in [-0.15, -0.1) is 5.10 Å². The van der Waals surface area contributed by atoms with E-state index in [1.165, 1.54) is 9.25 Å². The van der Waals surface area contributed by atoms with Crippen molar-refractivity contribution in [3.8, 4) is 6.01 Å². The molecular weight excluding hydrogens is 170 g/mol. The van der Waals surface area contributed by atoms with Crippen LogP contribution < -0.4 is 10.4 Å². The van der Waals surface area contributed by atoms with E-state index in [4.69, 9.17) is 4.74 Å². The molecular formula is C8H15N3O2. The Balaban J connectivity index is 2.78. The lowest BCUT2D eigenvalue weighted by molar-refractivity contribution is 0.241. The van der Waals surface area contributed by atoms with Crippen molar-refractivity contribution in [2.24, 2.45) is 20.0 Å². The van der Waals surface area contributed by atoms with Gasteiger partial charge in [0.25, 0.3) is 0 Å². The summed E-state index contributed by atoms with van der Waals surface area (Å²) in [4.78, 5) is 11.2. The number of rotatable bonds is 3. The maximum Gasteiger partial charge on any atom is 0.348 e. The number of hydrogen-bond donors (Lipinski definition) is 0. The largest absolute Gasteiger partial charge is 0.463 e. The molecule has 1 aromatic heterocycles. The monoisotopic (exact) mass is 185 g/mol. The first-order valence-corrected chi connectivity index (χ1v) is 4.25. The van der Waals surface area contributed by atoms with Crippen molar-refractivity contribution in [3.05, 3.63) is 10.5 Å². The van der Waals surface area contributed by atoms with Crippen molar-refractivity contribution in [2.75, 3.05) is 6.61 Å². The Morgan fingerprint density at radius 3 is 2.46 bits per heavy atom. The van der Waals surface area contributed by atoms with Gasteiger partial charge in [0.15, 0.2) is 0 Å². The molecule has 0 saturated heterocycles. The third-order valence-corrected chi connectivity index (χ3v) is 1.63. The van der Waals surface area contributed by atoms with Gasteiger partial charge in [-0.3, -0.25) is 0 Å². The van der Waals surface area contributed by atoms with Crippen LogP contribution in [0.5, 0.6) is 6.01 Å². The summed E-state index contributed by atoms with van der Waals surface area (Å²) in [7, 11) is 3.25. The van der Waals surface area contributed by atoms with Crippen LogP contribution in [0.1, 0.15) is 13.8 Å². The fourth-order valence-electron chi connectivity index (χ4n) is 0.904. The summed E-state index contributed by atoms with van der Waals surface area (Å²) in [6.07, 6.45) is 0. The minimum Gasteiger partial charge on any atom is -0.463 e. The molecule has 0 radical (unpaired) electrons. The van der Waals surface area contributed by atoms with Crippen LogP contribution in [0.15, 0.2) is 4.79 Å². The van der Waals surface area contributed by atoms with Gasteiger partial charge < -0.3 is 4.74 Å². The van der Waals surface area contributed by atoms with Crippen LogP contribution >= 0.6 is 0 Å². The second kappa shape index (κ2) is 3.64. The van der Waals surface area contributed by atoms with Gasteiger partial charge in [-0.2, -0.15) is 0 Å². The molecule has 0 aliphatic rings. The van der Waals surface area contributed by atoms with Crippen LogP contribution in [0.25, 0.3) is 0 Å². The zero-order valence-corrected chi connectivity index (χ0v) is 8.44. The molecule has 1 aromatic rings. The van der Waals surface area contributed by atoms with E-state index < -0.39 is 0 Å². The van der Waals surface area contributed by atoms with E-state index in [-0.39, 0.29) is 5.69 Å². The first-order valence-electron chi connectivity index (χ1n) is 4.25. The Bertz CT molecular complexity index is 338. The van der Waals surface area contributed by atoms with Gasteiger partial charge in [-0.1, -0.05) is 13.8 Å². The van der Waals surface area contributed by atoms with Crippen LogP contribution in [0.3, 0.4) is 0 Å². The Labute approximate surface area is 76.9 Å². The van der Waals surface area contributed by atoms with Crippen molar-refractivity contribution in [3.63, 3.8) is 0 Å². The number of nitrogens with zero attached hydrogens (tertiary/aromatic N) is 3. The van der Waals surface area contributed by atoms with Crippen molar-refractivity contribution in [1.82, 2.24) is 14.3 Å². The molecule has 1 heterocycles. The summed E-state index contributed by atoms with van der Waals surface area (Å²) in [5, 5.41) is 3.93. The Hall–Kier alpha value is -1.26. The van der Waals surface area contributed by atoms with Gasteiger partial charge in [0.05, 0.1) is 6.61 Å². The van der Waals surface area contributed by atoms with E-state index in [2.05, 4.69) is 5.10 Å². The second-order valence-corrected chi connectivity index (χ2v) is 3.45. The van der Waals surface area contributed by atoms with E-state index in [9.17, 15) is 4.79 Å². The van der Waals surface area contributed by atoms with E-state index in [0.29, 0.717) is 18.5 Å². The highest BCUT2D eigenvalue weighted by molar-refractivity contribution is 4.92. The van der Waals surface area contributed by atoms with Gasteiger partial charge in [-0.05, 0) is 5.92 Å². The maximum absolute atomic E-state index is 11.2. The number of aromatic nitrogens is 3. The molecule has 0 aliphatic heterocycles. The molecule has 5 heteroatoms. The lowest BCUT2D eigenvalue weighted by Gasteiger charge is -2.05. The molecule has 0 amide bonds. The fraction of sp³-hybridized carbons (Fsp3) is 0.750. The third kappa shape index (κ3) is 2.11. The SMILES string of the molecule is CC(C)COc1nn(C)c(=O)n1C. The molecule has 1 rings (SSSR count). The van der Waals surface area contributed by atoms with Gasteiger partial charge in [-0.25, -0.2) is 14.0 Å². The van der Waals surface area contributed by atoms with Gasteiger partial charge in [0, 0.05) is 14.1 Å². The summed E-state index contributed by atoms with van der Waals surface area (Å²) in [5.74, 6) is 0.428. The molecule has 0 bridgehead atoms. The van der Waals surface area contributed by atoms with Gasteiger partial charge in [0.2, 0.25) is 0 Å². The van der Waals surface area contributed by atoms with Crippen LogP contribution in [0, 0.1) is 5.92 Å². The summed E-state index contributed by atoms with van der Waals surface area (Å²) in [6, 6.07) is 0.376. The highest BCUT2D eigenvalue weighted by Crippen LogP contribution is 2.02. The molecule has 0 aromatic carbocycles. The molecule has 5 nitrogen and oxygen atoms in total. The van der Waals surface area contributed by atoms with Gasteiger partial charge in [0.1, 0.15) is 0 Å². The standard InChI is InChI=1S/C8H15N3O2/c1-6(2)5-13-7-9-11(4)8(12)10(7)3/h6H,5H2,1-4H3. The fourth-order valence-corrected chi connectivity index (χ4v) is 0.904. The Morgan fingerprint density at radius 1 is 1.46 bits per heavy atom. The minimum atomic E-state index is -0.168. The average molecular weight is 185 g/mol. The highest BCUT2D eigenvalue weighted by Gasteiger charge is 2.08. The summed E-state index contributed by atoms with van der Waals surface area (Å²) in [6.45, 7) is 4.66. The molecule has 0 fully saturated rings. The van der Waals surface area contributed by atoms with Crippen molar-refractivity contribution in [2.45, 2.75) is 13.8 Å². The van der Waals surface area contributed by atoms with Crippen molar-refractivity contribution >= 4 is 0 Å². The highest BCUT2D eigenvalue weighted by atomic mass is 16.5. The molecule has 0 aliphatic carbocycles. The molecule has 0 unspecified atom stereocenters. The minimum absolute atomic E-state index is 0.168. The van der Waals surface area contributed by atoms with E-state index in [0.717, 1.165) is 0 Å². The van der Waals surface area contributed by atoms with Gasteiger partial charge >= 0.3 is 11.7 Å².